The minimum absolute atomic E-state index is 0.0548. The summed E-state index contributed by atoms with van der Waals surface area (Å²) in [5.74, 6) is 0.244. The van der Waals surface area contributed by atoms with Gasteiger partial charge in [-0.3, -0.25) is 14.9 Å². The highest BCUT2D eigenvalue weighted by atomic mass is 32.1. The van der Waals surface area contributed by atoms with E-state index in [0.717, 1.165) is 6.42 Å². The topological polar surface area (TPSA) is 79.9 Å². The zero-order valence-electron chi connectivity index (χ0n) is 16.8. The predicted molar refractivity (Wildman–Crippen MR) is 119 cm³/mol. The molecule has 8 heteroatoms. The Morgan fingerprint density at radius 3 is 2.60 bits per heavy atom. The molecule has 30 heavy (non-hydrogen) atoms. The Morgan fingerprint density at radius 1 is 1.10 bits per heavy atom. The largest absolute Gasteiger partial charge is 0.494 e. The van der Waals surface area contributed by atoms with Crippen LogP contribution in [-0.4, -0.2) is 54.7 Å². The number of amides is 2. The van der Waals surface area contributed by atoms with Gasteiger partial charge in [-0.1, -0.05) is 19.1 Å². The summed E-state index contributed by atoms with van der Waals surface area (Å²) in [6.07, 6.45) is 0.886. The number of thiocarbonyl (C=S) groups is 1. The summed E-state index contributed by atoms with van der Waals surface area (Å²) in [7, 11) is 0. The second-order valence-electron chi connectivity index (χ2n) is 6.77. The number of ether oxygens (including phenoxy) is 2. The molecule has 2 aromatic carbocycles. The van der Waals surface area contributed by atoms with Gasteiger partial charge in [0.05, 0.1) is 19.8 Å². The number of rotatable bonds is 6. The molecule has 1 fully saturated rings. The zero-order chi connectivity index (χ0) is 21.3. The van der Waals surface area contributed by atoms with Crippen LogP contribution in [0.2, 0.25) is 0 Å². The molecule has 0 aliphatic carbocycles. The van der Waals surface area contributed by atoms with Crippen molar-refractivity contribution >= 4 is 34.8 Å². The zero-order valence-corrected chi connectivity index (χ0v) is 17.7. The normalized spacial score (nSPS) is 13.4. The molecule has 2 aromatic rings. The Balaban J connectivity index is 1.59. The number of nitrogens with one attached hydrogen (secondary N) is 2. The van der Waals surface area contributed by atoms with Crippen molar-refractivity contribution < 1.29 is 19.1 Å². The van der Waals surface area contributed by atoms with Crippen molar-refractivity contribution in [2.75, 3.05) is 38.2 Å². The van der Waals surface area contributed by atoms with Crippen LogP contribution in [0.1, 0.15) is 34.1 Å². The number of carbonyl (C=O) groups excluding carboxylic acids is 2. The maximum Gasteiger partial charge on any atom is 0.257 e. The number of nitrogens with zero attached hydrogens (tertiary/aromatic N) is 1. The SMILES string of the molecule is CCCOc1cccc(C(=O)NC(=S)Nc2cccc(C(=O)N3CCOCC3)c2)c1. The highest BCUT2D eigenvalue weighted by molar-refractivity contribution is 7.80. The highest BCUT2D eigenvalue weighted by Gasteiger charge is 2.18. The van der Waals surface area contributed by atoms with Gasteiger partial charge in [-0.2, -0.15) is 0 Å². The minimum Gasteiger partial charge on any atom is -0.494 e. The molecule has 0 spiro atoms. The van der Waals surface area contributed by atoms with Crippen LogP contribution in [0.3, 0.4) is 0 Å². The smallest absolute Gasteiger partial charge is 0.257 e. The molecule has 158 valence electrons. The summed E-state index contributed by atoms with van der Waals surface area (Å²) in [4.78, 5) is 26.9. The molecule has 0 unspecified atom stereocenters. The predicted octanol–water partition coefficient (Wildman–Crippen LogP) is 3.07. The van der Waals surface area contributed by atoms with Crippen molar-refractivity contribution in [1.82, 2.24) is 10.2 Å². The van der Waals surface area contributed by atoms with Crippen molar-refractivity contribution in [3.63, 3.8) is 0 Å². The standard InChI is InChI=1S/C22H25N3O4S/c1-2-11-29-19-8-4-5-16(15-19)20(26)24-22(30)23-18-7-3-6-17(14-18)21(27)25-9-12-28-13-10-25/h3-8,14-15H,2,9-13H2,1H3,(H2,23,24,26,30). The number of hydrogen-bond acceptors (Lipinski definition) is 5. The van der Waals surface area contributed by atoms with Gasteiger partial charge in [0.1, 0.15) is 5.75 Å². The van der Waals surface area contributed by atoms with Crippen molar-refractivity contribution in [3.8, 4) is 5.75 Å². The van der Waals surface area contributed by atoms with Crippen molar-refractivity contribution in [2.24, 2.45) is 0 Å². The molecular weight excluding hydrogens is 402 g/mol. The molecule has 0 saturated carbocycles. The van der Waals surface area contributed by atoms with Crippen LogP contribution >= 0.6 is 12.2 Å². The third-order valence-corrected chi connectivity index (χ3v) is 4.67. The molecule has 2 amide bonds. The summed E-state index contributed by atoms with van der Waals surface area (Å²) in [6.45, 7) is 4.85. The molecule has 1 aliphatic heterocycles. The average molecular weight is 428 g/mol. The summed E-state index contributed by atoms with van der Waals surface area (Å²) in [5, 5.41) is 5.77. The Labute approximate surface area is 181 Å². The molecule has 1 aliphatic rings. The van der Waals surface area contributed by atoms with Gasteiger partial charge in [-0.25, -0.2) is 0 Å². The van der Waals surface area contributed by atoms with E-state index >= 15 is 0 Å². The van der Waals surface area contributed by atoms with Gasteiger partial charge in [0.2, 0.25) is 0 Å². The Morgan fingerprint density at radius 2 is 1.83 bits per heavy atom. The van der Waals surface area contributed by atoms with Crippen LogP contribution in [0.4, 0.5) is 5.69 Å². The van der Waals surface area contributed by atoms with E-state index in [1.165, 1.54) is 0 Å². The molecule has 7 nitrogen and oxygen atoms in total. The van der Waals surface area contributed by atoms with Crippen LogP contribution in [-0.2, 0) is 4.74 Å². The fourth-order valence-electron chi connectivity index (χ4n) is 2.96. The first-order chi connectivity index (χ1) is 14.6. The van der Waals surface area contributed by atoms with E-state index in [9.17, 15) is 9.59 Å². The van der Waals surface area contributed by atoms with Gasteiger partial charge in [0.25, 0.3) is 11.8 Å². The maximum absolute atomic E-state index is 12.6. The Kier molecular flexibility index (Phi) is 7.75. The fourth-order valence-corrected chi connectivity index (χ4v) is 3.17. The maximum atomic E-state index is 12.6. The number of carbonyl (C=O) groups is 2. The van der Waals surface area contributed by atoms with Gasteiger partial charge in [-0.15, -0.1) is 0 Å². The number of hydrogen-bond donors (Lipinski definition) is 2. The summed E-state index contributed by atoms with van der Waals surface area (Å²) < 4.78 is 10.9. The third kappa shape index (κ3) is 6.01. The first-order valence-corrected chi connectivity index (χ1v) is 10.3. The van der Waals surface area contributed by atoms with Crippen molar-refractivity contribution in [1.29, 1.82) is 0 Å². The summed E-state index contributed by atoms with van der Waals surface area (Å²) >= 11 is 5.26. The van der Waals surface area contributed by atoms with E-state index in [4.69, 9.17) is 21.7 Å². The van der Waals surface area contributed by atoms with Gasteiger partial charge in [0, 0.05) is 29.9 Å². The lowest BCUT2D eigenvalue weighted by atomic mass is 10.1. The second kappa shape index (κ2) is 10.7. The lowest BCUT2D eigenvalue weighted by Crippen LogP contribution is -2.40. The van der Waals surface area contributed by atoms with Crippen LogP contribution in [0.25, 0.3) is 0 Å². The van der Waals surface area contributed by atoms with E-state index in [-0.39, 0.29) is 16.9 Å². The van der Waals surface area contributed by atoms with Crippen LogP contribution < -0.4 is 15.4 Å². The lowest BCUT2D eigenvalue weighted by molar-refractivity contribution is 0.0303. The average Bonchev–Trinajstić information content (AvgIpc) is 2.78. The number of benzene rings is 2. The molecule has 0 atom stereocenters. The van der Waals surface area contributed by atoms with Crippen LogP contribution in [0.5, 0.6) is 5.75 Å². The summed E-state index contributed by atoms with van der Waals surface area (Å²) in [6, 6.07) is 14.0. The van der Waals surface area contributed by atoms with Gasteiger partial charge in [0.15, 0.2) is 5.11 Å². The molecule has 2 N–H and O–H groups in total. The molecule has 3 rings (SSSR count). The van der Waals surface area contributed by atoms with Crippen LogP contribution in [0.15, 0.2) is 48.5 Å². The number of morpholine rings is 1. The monoisotopic (exact) mass is 427 g/mol. The van der Waals surface area contributed by atoms with Crippen molar-refractivity contribution in [2.45, 2.75) is 13.3 Å². The quantitative estimate of drug-likeness (QED) is 0.690. The van der Waals surface area contributed by atoms with E-state index in [2.05, 4.69) is 10.6 Å². The Bertz CT molecular complexity index is 913. The molecule has 0 aromatic heterocycles. The third-order valence-electron chi connectivity index (χ3n) is 4.46. The van der Waals surface area contributed by atoms with E-state index in [1.54, 1.807) is 53.4 Å². The molecule has 0 bridgehead atoms. The van der Waals surface area contributed by atoms with Gasteiger partial charge < -0.3 is 19.7 Å². The van der Waals surface area contributed by atoms with Crippen molar-refractivity contribution in [3.05, 3.63) is 59.7 Å². The minimum atomic E-state index is -0.338. The van der Waals surface area contributed by atoms with Crippen LogP contribution in [0, 0.1) is 0 Å². The second-order valence-corrected chi connectivity index (χ2v) is 7.18. The van der Waals surface area contributed by atoms with E-state index < -0.39 is 0 Å². The lowest BCUT2D eigenvalue weighted by Gasteiger charge is -2.27. The molecular formula is C22H25N3O4S. The highest BCUT2D eigenvalue weighted by Crippen LogP contribution is 2.15. The molecule has 1 saturated heterocycles. The Hall–Kier alpha value is -2.97. The molecule has 1 heterocycles. The van der Waals surface area contributed by atoms with E-state index in [0.29, 0.717) is 55.5 Å². The van der Waals surface area contributed by atoms with Gasteiger partial charge in [-0.05, 0) is 55.0 Å². The van der Waals surface area contributed by atoms with E-state index in [1.807, 2.05) is 6.92 Å². The van der Waals surface area contributed by atoms with Gasteiger partial charge >= 0.3 is 0 Å². The fraction of sp³-hybridized carbons (Fsp3) is 0.318. The molecule has 0 radical (unpaired) electrons. The first kappa shape index (κ1) is 21.7. The number of anilines is 1. The summed E-state index contributed by atoms with van der Waals surface area (Å²) in [5.41, 5.74) is 1.63. The first-order valence-electron chi connectivity index (χ1n) is 9.89.